The van der Waals surface area contributed by atoms with Crippen molar-refractivity contribution in [2.24, 2.45) is 0 Å². The van der Waals surface area contributed by atoms with Crippen LogP contribution >= 0.6 is 15.9 Å². The zero-order valence-electron chi connectivity index (χ0n) is 9.09. The van der Waals surface area contributed by atoms with E-state index in [0.29, 0.717) is 0 Å². The fraction of sp³-hybridized carbons (Fsp3) is 0.500. The molecule has 2 nitrogen and oxygen atoms in total. The number of ether oxygens (including phenoxy) is 1. The van der Waals surface area contributed by atoms with Crippen LogP contribution in [-0.2, 0) is 4.74 Å². The van der Waals surface area contributed by atoms with Gasteiger partial charge in [0.05, 0.1) is 6.61 Å². The molecular formula is C12H16BrNO. The topological polar surface area (TPSA) is 21.3 Å². The van der Waals surface area contributed by atoms with Gasteiger partial charge in [0.1, 0.15) is 6.10 Å². The first kappa shape index (κ1) is 11.1. The maximum atomic E-state index is 5.84. The van der Waals surface area contributed by atoms with Gasteiger partial charge >= 0.3 is 0 Å². The third-order valence-corrected chi connectivity index (χ3v) is 3.32. The third kappa shape index (κ3) is 2.41. The van der Waals surface area contributed by atoms with Crippen molar-refractivity contribution in [3.8, 4) is 0 Å². The van der Waals surface area contributed by atoms with Crippen LogP contribution in [0.3, 0.4) is 0 Å². The van der Waals surface area contributed by atoms with Crippen LogP contribution < -0.4 is 5.32 Å². The van der Waals surface area contributed by atoms with Crippen LogP contribution in [0, 0.1) is 0 Å². The standard InChI is InChI=1S/C12H16BrNO/c1-12(2)11(15-8-7-14-12)9-3-5-10(13)6-4-9/h3-6,11,14H,7-8H2,1-2H3. The quantitative estimate of drug-likeness (QED) is 0.847. The zero-order valence-corrected chi connectivity index (χ0v) is 10.7. The molecule has 0 saturated carbocycles. The van der Waals surface area contributed by atoms with E-state index in [1.807, 2.05) is 0 Å². The van der Waals surface area contributed by atoms with Gasteiger partial charge in [-0.25, -0.2) is 0 Å². The van der Waals surface area contributed by atoms with E-state index < -0.39 is 0 Å². The molecule has 1 aromatic rings. The van der Waals surface area contributed by atoms with E-state index in [1.54, 1.807) is 0 Å². The molecule has 1 heterocycles. The summed E-state index contributed by atoms with van der Waals surface area (Å²) in [4.78, 5) is 0. The molecule has 15 heavy (non-hydrogen) atoms. The molecule has 82 valence electrons. The molecule has 1 atom stereocenters. The van der Waals surface area contributed by atoms with Crippen LogP contribution in [-0.4, -0.2) is 18.7 Å². The summed E-state index contributed by atoms with van der Waals surface area (Å²) in [6, 6.07) is 8.35. The Morgan fingerprint density at radius 1 is 1.33 bits per heavy atom. The van der Waals surface area contributed by atoms with Crippen LogP contribution in [0.25, 0.3) is 0 Å². The highest BCUT2D eigenvalue weighted by atomic mass is 79.9. The molecule has 1 fully saturated rings. The minimum absolute atomic E-state index is 0.00603. The maximum Gasteiger partial charge on any atom is 0.100 e. The summed E-state index contributed by atoms with van der Waals surface area (Å²) >= 11 is 3.44. The van der Waals surface area contributed by atoms with Gasteiger partial charge in [0.15, 0.2) is 0 Å². The van der Waals surface area contributed by atoms with Gasteiger partial charge in [0.2, 0.25) is 0 Å². The largest absolute Gasteiger partial charge is 0.370 e. The number of hydrogen-bond donors (Lipinski definition) is 1. The molecule has 3 heteroatoms. The summed E-state index contributed by atoms with van der Waals surface area (Å²) in [5.41, 5.74) is 1.24. The molecule has 1 N–H and O–H groups in total. The van der Waals surface area contributed by atoms with E-state index in [-0.39, 0.29) is 11.6 Å². The normalized spacial score (nSPS) is 25.1. The molecule has 0 aromatic heterocycles. The average Bonchev–Trinajstić information content (AvgIpc) is 2.19. The Kier molecular flexibility index (Phi) is 3.14. The van der Waals surface area contributed by atoms with Gasteiger partial charge in [-0.2, -0.15) is 0 Å². The fourth-order valence-corrected chi connectivity index (χ4v) is 2.27. The number of hydrogen-bond acceptors (Lipinski definition) is 2. The van der Waals surface area contributed by atoms with E-state index in [0.717, 1.165) is 17.6 Å². The Hall–Kier alpha value is -0.380. The van der Waals surface area contributed by atoms with Crippen molar-refractivity contribution in [3.63, 3.8) is 0 Å². The van der Waals surface area contributed by atoms with E-state index in [9.17, 15) is 0 Å². The predicted molar refractivity (Wildman–Crippen MR) is 64.9 cm³/mol. The molecule has 0 aliphatic carbocycles. The smallest absolute Gasteiger partial charge is 0.100 e. The Morgan fingerprint density at radius 3 is 2.60 bits per heavy atom. The highest BCUT2D eigenvalue weighted by molar-refractivity contribution is 9.10. The highest BCUT2D eigenvalue weighted by Gasteiger charge is 2.33. The van der Waals surface area contributed by atoms with Crippen LogP contribution in [0.15, 0.2) is 28.7 Å². The lowest BCUT2D eigenvalue weighted by atomic mass is 9.90. The maximum absolute atomic E-state index is 5.84. The number of benzene rings is 1. The van der Waals surface area contributed by atoms with Gasteiger partial charge in [-0.3, -0.25) is 0 Å². The lowest BCUT2D eigenvalue weighted by Gasteiger charge is -2.39. The van der Waals surface area contributed by atoms with Gasteiger partial charge in [0, 0.05) is 16.6 Å². The lowest BCUT2D eigenvalue weighted by molar-refractivity contribution is -0.0388. The second kappa shape index (κ2) is 4.24. The second-order valence-corrected chi connectivity index (χ2v) is 5.37. The monoisotopic (exact) mass is 269 g/mol. The van der Waals surface area contributed by atoms with E-state index >= 15 is 0 Å². The van der Waals surface area contributed by atoms with Crippen molar-refractivity contribution in [2.45, 2.75) is 25.5 Å². The summed E-state index contributed by atoms with van der Waals surface area (Å²) in [7, 11) is 0. The second-order valence-electron chi connectivity index (χ2n) is 4.45. The summed E-state index contributed by atoms with van der Waals surface area (Å²) in [5, 5.41) is 3.48. The van der Waals surface area contributed by atoms with Crippen LogP contribution in [0.1, 0.15) is 25.5 Å². The van der Waals surface area contributed by atoms with Crippen molar-refractivity contribution >= 4 is 15.9 Å². The average molecular weight is 270 g/mol. The van der Waals surface area contributed by atoms with Crippen molar-refractivity contribution in [2.75, 3.05) is 13.2 Å². The molecule has 1 aromatic carbocycles. The molecule has 2 rings (SSSR count). The lowest BCUT2D eigenvalue weighted by Crippen LogP contribution is -2.51. The van der Waals surface area contributed by atoms with Crippen molar-refractivity contribution in [1.29, 1.82) is 0 Å². The summed E-state index contributed by atoms with van der Waals surface area (Å²) < 4.78 is 6.95. The van der Waals surface area contributed by atoms with E-state index in [2.05, 4.69) is 59.4 Å². The third-order valence-electron chi connectivity index (χ3n) is 2.80. The summed E-state index contributed by atoms with van der Waals surface area (Å²) in [5.74, 6) is 0. The molecule has 0 amide bonds. The zero-order chi connectivity index (χ0) is 10.9. The minimum atomic E-state index is 0.00603. The molecule has 1 saturated heterocycles. The van der Waals surface area contributed by atoms with Crippen LogP contribution in [0.4, 0.5) is 0 Å². The molecule has 0 bridgehead atoms. The number of rotatable bonds is 1. The number of nitrogens with one attached hydrogen (secondary N) is 1. The SMILES string of the molecule is CC1(C)NCCOC1c1ccc(Br)cc1. The summed E-state index contributed by atoms with van der Waals surface area (Å²) in [6.45, 7) is 6.07. The van der Waals surface area contributed by atoms with Crippen molar-refractivity contribution in [3.05, 3.63) is 34.3 Å². The molecule has 1 aliphatic rings. The van der Waals surface area contributed by atoms with Crippen molar-refractivity contribution < 1.29 is 4.74 Å². The predicted octanol–water partition coefficient (Wildman–Crippen LogP) is 2.89. The first-order chi connectivity index (χ1) is 7.09. The Balaban J connectivity index is 2.25. The van der Waals surface area contributed by atoms with Gasteiger partial charge < -0.3 is 10.1 Å². The minimum Gasteiger partial charge on any atom is -0.370 e. The molecule has 0 spiro atoms. The number of halogens is 1. The molecule has 0 radical (unpaired) electrons. The molecule has 1 unspecified atom stereocenters. The van der Waals surface area contributed by atoms with Crippen LogP contribution in [0.5, 0.6) is 0 Å². The van der Waals surface area contributed by atoms with Crippen molar-refractivity contribution in [1.82, 2.24) is 5.32 Å². The molecule has 1 aliphatic heterocycles. The first-order valence-corrected chi connectivity index (χ1v) is 6.01. The highest BCUT2D eigenvalue weighted by Crippen LogP contribution is 2.31. The van der Waals surface area contributed by atoms with Gasteiger partial charge in [0.25, 0.3) is 0 Å². The van der Waals surface area contributed by atoms with Gasteiger partial charge in [-0.15, -0.1) is 0 Å². The van der Waals surface area contributed by atoms with Crippen LogP contribution in [0.2, 0.25) is 0 Å². The molecular weight excluding hydrogens is 254 g/mol. The van der Waals surface area contributed by atoms with E-state index in [1.165, 1.54) is 5.56 Å². The summed E-state index contributed by atoms with van der Waals surface area (Å²) in [6.07, 6.45) is 0.138. The van der Waals surface area contributed by atoms with Gasteiger partial charge in [-0.1, -0.05) is 28.1 Å². The Labute approximate surface area is 99.1 Å². The first-order valence-electron chi connectivity index (χ1n) is 5.22. The Morgan fingerprint density at radius 2 is 2.00 bits per heavy atom. The fourth-order valence-electron chi connectivity index (χ4n) is 2.00. The Bertz CT molecular complexity index is 334. The number of morpholine rings is 1. The van der Waals surface area contributed by atoms with Gasteiger partial charge in [-0.05, 0) is 31.5 Å². The van der Waals surface area contributed by atoms with E-state index in [4.69, 9.17) is 4.74 Å².